The number of nitrogens with one attached hydrogen (secondary N) is 1. The van der Waals surface area contributed by atoms with E-state index in [0.717, 1.165) is 16.9 Å². The molecule has 3 rings (SSSR count). The number of likely N-dealkylation sites (N-methyl/N-ethyl adjacent to an activating group) is 1. The number of para-hydroxylation sites is 2. The average molecular weight is 286 g/mol. The van der Waals surface area contributed by atoms with E-state index in [1.807, 2.05) is 35.9 Å². The molecule has 0 aliphatic carbocycles. The van der Waals surface area contributed by atoms with Crippen LogP contribution in [-0.4, -0.2) is 39.4 Å². The van der Waals surface area contributed by atoms with Gasteiger partial charge in [-0.05, 0) is 18.6 Å². The fourth-order valence-electron chi connectivity index (χ4n) is 2.67. The molecule has 110 valence electrons. The number of rotatable bonds is 3. The van der Waals surface area contributed by atoms with Gasteiger partial charge in [-0.3, -0.25) is 19.8 Å². The number of hydrogen-bond acceptors (Lipinski definition) is 4. The Morgan fingerprint density at radius 1 is 1.29 bits per heavy atom. The highest BCUT2D eigenvalue weighted by atomic mass is 16.2. The summed E-state index contributed by atoms with van der Waals surface area (Å²) < 4.78 is 2.02. The number of piperidine rings is 1. The van der Waals surface area contributed by atoms with Gasteiger partial charge in [0.25, 0.3) is 0 Å². The molecule has 1 N–H and O–H groups in total. The van der Waals surface area contributed by atoms with Crippen molar-refractivity contribution in [2.24, 2.45) is 7.05 Å². The van der Waals surface area contributed by atoms with Gasteiger partial charge in [-0.2, -0.15) is 0 Å². The van der Waals surface area contributed by atoms with Crippen molar-refractivity contribution < 1.29 is 9.59 Å². The van der Waals surface area contributed by atoms with Crippen LogP contribution >= 0.6 is 0 Å². The Labute approximate surface area is 122 Å². The van der Waals surface area contributed by atoms with E-state index in [0.29, 0.717) is 19.4 Å². The second-order valence-electron chi connectivity index (χ2n) is 5.34. The summed E-state index contributed by atoms with van der Waals surface area (Å²) in [7, 11) is 3.50. The number of aromatic nitrogens is 2. The Morgan fingerprint density at radius 2 is 2.05 bits per heavy atom. The van der Waals surface area contributed by atoms with Crippen LogP contribution in [0.25, 0.3) is 11.0 Å². The third kappa shape index (κ3) is 2.42. The number of benzene rings is 1. The quantitative estimate of drug-likeness (QED) is 0.848. The molecule has 1 atom stereocenters. The zero-order chi connectivity index (χ0) is 15.0. The van der Waals surface area contributed by atoms with Gasteiger partial charge in [-0.25, -0.2) is 4.98 Å². The number of fused-ring (bicyclic) bond motifs is 1. The lowest BCUT2D eigenvalue weighted by atomic mass is 10.0. The lowest BCUT2D eigenvalue weighted by Crippen LogP contribution is -2.51. The van der Waals surface area contributed by atoms with Crippen LogP contribution in [0.3, 0.4) is 0 Å². The first-order valence-electron chi connectivity index (χ1n) is 7.02. The van der Waals surface area contributed by atoms with E-state index in [1.165, 1.54) is 11.9 Å². The number of nitrogens with zero attached hydrogens (tertiary/aromatic N) is 3. The summed E-state index contributed by atoms with van der Waals surface area (Å²) in [4.78, 5) is 29.3. The van der Waals surface area contributed by atoms with Crippen molar-refractivity contribution in [2.45, 2.75) is 25.4 Å². The summed E-state index contributed by atoms with van der Waals surface area (Å²) in [6.07, 6.45) is 0.953. The van der Waals surface area contributed by atoms with E-state index in [-0.39, 0.29) is 17.9 Å². The van der Waals surface area contributed by atoms with Gasteiger partial charge in [0.1, 0.15) is 5.82 Å². The van der Waals surface area contributed by atoms with Crippen LogP contribution in [0.2, 0.25) is 0 Å². The molecule has 0 radical (unpaired) electrons. The highest BCUT2D eigenvalue weighted by Crippen LogP contribution is 2.15. The van der Waals surface area contributed by atoms with Crippen LogP contribution in [0.1, 0.15) is 18.7 Å². The monoisotopic (exact) mass is 286 g/mol. The lowest BCUT2D eigenvalue weighted by molar-refractivity contribution is -0.148. The molecule has 1 aliphatic rings. The van der Waals surface area contributed by atoms with Gasteiger partial charge in [-0.1, -0.05) is 12.1 Å². The highest BCUT2D eigenvalue weighted by molar-refractivity contribution is 6.00. The van der Waals surface area contributed by atoms with Crippen LogP contribution in [-0.2, 0) is 23.2 Å². The van der Waals surface area contributed by atoms with Crippen molar-refractivity contribution in [3.8, 4) is 0 Å². The maximum atomic E-state index is 12.0. The Balaban J connectivity index is 1.73. The van der Waals surface area contributed by atoms with Crippen LogP contribution in [0.4, 0.5) is 0 Å². The first-order chi connectivity index (χ1) is 10.1. The molecule has 2 aromatic rings. The Morgan fingerprint density at radius 3 is 2.81 bits per heavy atom. The standard InChI is InChI=1S/C15H18N4O2/c1-18-12-6-4-3-5-10(12)17-13(18)9-16-11-7-8-14(20)19(2)15(11)21/h3-6,11,16H,7-9H2,1-2H3. The van der Waals surface area contributed by atoms with Crippen LogP contribution < -0.4 is 5.32 Å². The fraction of sp³-hybridized carbons (Fsp3) is 0.400. The number of hydrogen-bond donors (Lipinski definition) is 1. The molecule has 0 saturated carbocycles. The number of carbonyl (C=O) groups excluding carboxylic acids is 2. The highest BCUT2D eigenvalue weighted by Gasteiger charge is 2.31. The van der Waals surface area contributed by atoms with Crippen molar-refractivity contribution in [3.05, 3.63) is 30.1 Å². The molecule has 6 nitrogen and oxygen atoms in total. The van der Waals surface area contributed by atoms with Gasteiger partial charge < -0.3 is 4.57 Å². The van der Waals surface area contributed by atoms with Gasteiger partial charge in [0, 0.05) is 20.5 Å². The molecule has 0 spiro atoms. The molecule has 2 amide bonds. The Hall–Kier alpha value is -2.21. The molecule has 1 unspecified atom stereocenters. The maximum Gasteiger partial charge on any atom is 0.246 e. The first-order valence-corrected chi connectivity index (χ1v) is 7.02. The van der Waals surface area contributed by atoms with Crippen molar-refractivity contribution in [2.75, 3.05) is 7.05 Å². The van der Waals surface area contributed by atoms with E-state index >= 15 is 0 Å². The van der Waals surface area contributed by atoms with Crippen molar-refractivity contribution in [3.63, 3.8) is 0 Å². The third-order valence-electron chi connectivity index (χ3n) is 4.04. The zero-order valence-corrected chi connectivity index (χ0v) is 12.2. The summed E-state index contributed by atoms with van der Waals surface area (Å²) in [5.41, 5.74) is 2.01. The Kier molecular flexibility index (Phi) is 3.47. The summed E-state index contributed by atoms with van der Waals surface area (Å²) >= 11 is 0. The number of likely N-dealkylation sites (tertiary alicyclic amines) is 1. The van der Waals surface area contributed by atoms with E-state index in [1.54, 1.807) is 0 Å². The second kappa shape index (κ2) is 5.29. The smallest absolute Gasteiger partial charge is 0.246 e. The van der Waals surface area contributed by atoms with E-state index < -0.39 is 0 Å². The van der Waals surface area contributed by atoms with E-state index in [4.69, 9.17) is 0 Å². The van der Waals surface area contributed by atoms with Gasteiger partial charge in [0.15, 0.2) is 0 Å². The van der Waals surface area contributed by atoms with Crippen LogP contribution in [0, 0.1) is 0 Å². The van der Waals surface area contributed by atoms with Crippen molar-refractivity contribution >= 4 is 22.8 Å². The second-order valence-corrected chi connectivity index (χ2v) is 5.34. The molecule has 1 saturated heterocycles. The molecular formula is C15H18N4O2. The normalized spacial score (nSPS) is 19.5. The summed E-state index contributed by atoms with van der Waals surface area (Å²) in [6, 6.07) is 7.61. The van der Waals surface area contributed by atoms with Crippen molar-refractivity contribution in [1.29, 1.82) is 0 Å². The topological polar surface area (TPSA) is 67.2 Å². The molecule has 1 fully saturated rings. The van der Waals surface area contributed by atoms with Gasteiger partial charge in [0.2, 0.25) is 11.8 Å². The molecule has 1 aliphatic heterocycles. The zero-order valence-electron chi connectivity index (χ0n) is 12.2. The molecule has 21 heavy (non-hydrogen) atoms. The first kappa shape index (κ1) is 13.8. The number of aryl methyl sites for hydroxylation is 1. The average Bonchev–Trinajstić information content (AvgIpc) is 2.81. The number of carbonyl (C=O) groups is 2. The number of imide groups is 1. The molecular weight excluding hydrogens is 268 g/mol. The molecule has 1 aromatic carbocycles. The van der Waals surface area contributed by atoms with Gasteiger partial charge in [-0.15, -0.1) is 0 Å². The van der Waals surface area contributed by atoms with Gasteiger partial charge in [0.05, 0.1) is 23.6 Å². The van der Waals surface area contributed by atoms with Gasteiger partial charge >= 0.3 is 0 Å². The Bertz CT molecular complexity index is 707. The SMILES string of the molecule is CN1C(=O)CCC(NCc2nc3ccccc3n2C)C1=O. The van der Waals surface area contributed by atoms with E-state index in [2.05, 4.69) is 10.3 Å². The van der Waals surface area contributed by atoms with Crippen LogP contribution in [0.15, 0.2) is 24.3 Å². The minimum Gasteiger partial charge on any atom is -0.330 e. The molecule has 0 bridgehead atoms. The summed E-state index contributed by atoms with van der Waals surface area (Å²) in [5.74, 6) is 0.606. The lowest BCUT2D eigenvalue weighted by Gasteiger charge is -2.28. The van der Waals surface area contributed by atoms with E-state index in [9.17, 15) is 9.59 Å². The predicted molar refractivity (Wildman–Crippen MR) is 78.4 cm³/mol. The number of amides is 2. The predicted octanol–water partition coefficient (Wildman–Crippen LogP) is 0.810. The molecule has 1 aromatic heterocycles. The minimum atomic E-state index is -0.312. The third-order valence-corrected chi connectivity index (χ3v) is 4.04. The van der Waals surface area contributed by atoms with Crippen LogP contribution in [0.5, 0.6) is 0 Å². The molecule has 2 heterocycles. The fourth-order valence-corrected chi connectivity index (χ4v) is 2.67. The number of imidazole rings is 1. The van der Waals surface area contributed by atoms with Crippen molar-refractivity contribution in [1.82, 2.24) is 19.8 Å². The largest absolute Gasteiger partial charge is 0.330 e. The maximum absolute atomic E-state index is 12.0. The summed E-state index contributed by atoms with van der Waals surface area (Å²) in [5, 5.41) is 3.21. The molecule has 6 heteroatoms. The summed E-state index contributed by atoms with van der Waals surface area (Å²) in [6.45, 7) is 0.504. The minimum absolute atomic E-state index is 0.110.